The van der Waals surface area contributed by atoms with Gasteiger partial charge in [-0.1, -0.05) is 0 Å². The highest BCUT2D eigenvalue weighted by molar-refractivity contribution is 4.66. The average Bonchev–Trinajstić information content (AvgIpc) is 2.22. The topological polar surface area (TPSA) is 0 Å². The summed E-state index contributed by atoms with van der Waals surface area (Å²) in [5, 5.41) is 0. The van der Waals surface area contributed by atoms with Crippen molar-refractivity contribution in [3.63, 3.8) is 0 Å². The largest absolute Gasteiger partial charge is 0.328 e. The number of hydrogen-bond acceptors (Lipinski definition) is 0. The Hall–Kier alpha value is -0.0800. The molecule has 0 heterocycles. The van der Waals surface area contributed by atoms with Gasteiger partial charge < -0.3 is 8.97 Å². The van der Waals surface area contributed by atoms with E-state index < -0.39 is 0 Å². The first kappa shape index (κ1) is 16.0. The molecule has 108 valence electrons. The van der Waals surface area contributed by atoms with Gasteiger partial charge in [0.2, 0.25) is 0 Å². The second kappa shape index (κ2) is 6.38. The van der Waals surface area contributed by atoms with Crippen molar-refractivity contribution in [3.8, 4) is 0 Å². The van der Waals surface area contributed by atoms with Crippen LogP contribution in [0.2, 0.25) is 0 Å². The van der Waals surface area contributed by atoms with E-state index >= 15 is 0 Å². The van der Waals surface area contributed by atoms with Gasteiger partial charge in [0.15, 0.2) is 0 Å². The Labute approximate surface area is 115 Å². The molecule has 0 spiro atoms. The van der Waals surface area contributed by atoms with Crippen molar-refractivity contribution >= 4 is 0 Å². The minimum atomic E-state index is 0.880. The normalized spacial score (nSPS) is 29.0. The maximum atomic E-state index is 2.37. The summed E-state index contributed by atoms with van der Waals surface area (Å²) in [5.41, 5.74) is 0. The van der Waals surface area contributed by atoms with Gasteiger partial charge in [-0.2, -0.15) is 0 Å². The predicted octanol–water partition coefficient (Wildman–Crippen LogP) is 3.27. The molecule has 0 aliphatic heterocycles. The second-order valence-electron chi connectivity index (χ2n) is 8.11. The lowest BCUT2D eigenvalue weighted by Gasteiger charge is -2.37. The van der Waals surface area contributed by atoms with E-state index in [9.17, 15) is 0 Å². The van der Waals surface area contributed by atoms with Gasteiger partial charge in [0.05, 0.1) is 54.4 Å². The Kier molecular flexibility index (Phi) is 5.67. The van der Waals surface area contributed by atoms with Gasteiger partial charge in [-0.05, 0) is 51.4 Å². The standard InChI is InChI=1S/C16H36N2/c1-17(2,3)15-11-7-9-13-16(18(4,5)6)14-10-8-12-15/h15-16H,7-14H2,1-6H3/q+2. The minimum absolute atomic E-state index is 0.880. The van der Waals surface area contributed by atoms with Crippen molar-refractivity contribution in [2.75, 3.05) is 42.3 Å². The van der Waals surface area contributed by atoms with E-state index in [1.54, 1.807) is 0 Å². The molecule has 0 aromatic rings. The van der Waals surface area contributed by atoms with Crippen LogP contribution in [0.25, 0.3) is 0 Å². The Balaban J connectivity index is 2.51. The van der Waals surface area contributed by atoms with Crippen molar-refractivity contribution in [2.45, 2.75) is 63.5 Å². The van der Waals surface area contributed by atoms with Crippen LogP contribution in [0.5, 0.6) is 0 Å². The number of hydrogen-bond donors (Lipinski definition) is 0. The maximum Gasteiger partial charge on any atom is 0.0884 e. The van der Waals surface area contributed by atoms with Crippen LogP contribution in [0.3, 0.4) is 0 Å². The zero-order valence-electron chi connectivity index (χ0n) is 13.7. The summed E-state index contributed by atoms with van der Waals surface area (Å²) >= 11 is 0. The first-order valence-electron chi connectivity index (χ1n) is 7.83. The van der Waals surface area contributed by atoms with E-state index in [1.165, 1.54) is 51.4 Å². The Morgan fingerprint density at radius 1 is 0.500 bits per heavy atom. The van der Waals surface area contributed by atoms with E-state index in [0.29, 0.717) is 0 Å². The van der Waals surface area contributed by atoms with Crippen LogP contribution < -0.4 is 0 Å². The van der Waals surface area contributed by atoms with Gasteiger partial charge in [-0.15, -0.1) is 0 Å². The molecule has 18 heavy (non-hydrogen) atoms. The third-order valence-electron chi connectivity index (χ3n) is 4.84. The molecular weight excluding hydrogens is 220 g/mol. The highest BCUT2D eigenvalue weighted by Gasteiger charge is 2.27. The average molecular weight is 256 g/mol. The molecule has 0 bridgehead atoms. The Bertz CT molecular complexity index is 196. The molecule has 0 atom stereocenters. The summed E-state index contributed by atoms with van der Waals surface area (Å²) in [5.74, 6) is 0. The quantitative estimate of drug-likeness (QED) is 0.665. The highest BCUT2D eigenvalue weighted by atomic mass is 15.3. The first-order chi connectivity index (χ1) is 8.21. The molecule has 0 aromatic heterocycles. The molecule has 1 aliphatic rings. The van der Waals surface area contributed by atoms with Crippen LogP contribution in [0, 0.1) is 0 Å². The smallest absolute Gasteiger partial charge is 0.0884 e. The van der Waals surface area contributed by atoms with Gasteiger partial charge in [-0.25, -0.2) is 0 Å². The molecular formula is C16H36N2+2. The molecule has 0 unspecified atom stereocenters. The molecule has 0 amide bonds. The zero-order chi connectivity index (χ0) is 13.8. The summed E-state index contributed by atoms with van der Waals surface area (Å²) < 4.78 is 2.30. The van der Waals surface area contributed by atoms with Crippen LogP contribution in [-0.2, 0) is 0 Å². The fourth-order valence-corrected chi connectivity index (χ4v) is 3.36. The fourth-order valence-electron chi connectivity index (χ4n) is 3.36. The van der Waals surface area contributed by atoms with Crippen LogP contribution in [-0.4, -0.2) is 63.3 Å². The first-order valence-corrected chi connectivity index (χ1v) is 7.83. The maximum absolute atomic E-state index is 2.37. The third-order valence-corrected chi connectivity index (χ3v) is 4.84. The third kappa shape index (κ3) is 5.27. The number of rotatable bonds is 2. The van der Waals surface area contributed by atoms with E-state index in [-0.39, 0.29) is 0 Å². The Morgan fingerprint density at radius 2 is 0.722 bits per heavy atom. The predicted molar refractivity (Wildman–Crippen MR) is 80.6 cm³/mol. The molecule has 2 nitrogen and oxygen atoms in total. The van der Waals surface area contributed by atoms with Crippen molar-refractivity contribution < 1.29 is 8.97 Å². The SMILES string of the molecule is C[N+](C)(C)C1CCCCC([N+](C)(C)C)CCCC1. The minimum Gasteiger partial charge on any atom is -0.328 e. The monoisotopic (exact) mass is 256 g/mol. The molecule has 0 aromatic carbocycles. The second-order valence-corrected chi connectivity index (χ2v) is 8.11. The van der Waals surface area contributed by atoms with Gasteiger partial charge in [0.25, 0.3) is 0 Å². The molecule has 0 saturated heterocycles. The van der Waals surface area contributed by atoms with Crippen molar-refractivity contribution in [3.05, 3.63) is 0 Å². The number of nitrogens with zero attached hydrogens (tertiary/aromatic N) is 2. The fraction of sp³-hybridized carbons (Fsp3) is 1.00. The molecule has 2 heteroatoms. The van der Waals surface area contributed by atoms with E-state index in [4.69, 9.17) is 0 Å². The molecule has 1 fully saturated rings. The van der Waals surface area contributed by atoms with Gasteiger partial charge in [-0.3, -0.25) is 0 Å². The van der Waals surface area contributed by atoms with Crippen LogP contribution in [0.15, 0.2) is 0 Å². The summed E-state index contributed by atoms with van der Waals surface area (Å²) in [4.78, 5) is 0. The molecule has 1 rings (SSSR count). The van der Waals surface area contributed by atoms with E-state index in [1.807, 2.05) is 0 Å². The molecule has 0 radical (unpaired) electrons. The van der Waals surface area contributed by atoms with E-state index in [0.717, 1.165) is 21.0 Å². The van der Waals surface area contributed by atoms with Gasteiger partial charge in [0.1, 0.15) is 0 Å². The van der Waals surface area contributed by atoms with Crippen LogP contribution in [0.4, 0.5) is 0 Å². The summed E-state index contributed by atoms with van der Waals surface area (Å²) in [7, 11) is 14.2. The van der Waals surface area contributed by atoms with Gasteiger partial charge >= 0.3 is 0 Å². The van der Waals surface area contributed by atoms with Crippen molar-refractivity contribution in [1.29, 1.82) is 0 Å². The lowest BCUT2D eigenvalue weighted by atomic mass is 9.92. The molecule has 1 aliphatic carbocycles. The summed E-state index contributed by atoms with van der Waals surface area (Å²) in [6.45, 7) is 0. The summed E-state index contributed by atoms with van der Waals surface area (Å²) in [6.07, 6.45) is 11.4. The lowest BCUT2D eigenvalue weighted by Crippen LogP contribution is -2.46. The number of quaternary nitrogens is 2. The lowest BCUT2D eigenvalue weighted by molar-refractivity contribution is -0.898. The summed E-state index contributed by atoms with van der Waals surface area (Å²) in [6, 6.07) is 1.76. The molecule has 0 N–H and O–H groups in total. The van der Waals surface area contributed by atoms with Crippen LogP contribution >= 0.6 is 0 Å². The highest BCUT2D eigenvalue weighted by Crippen LogP contribution is 2.25. The zero-order valence-corrected chi connectivity index (χ0v) is 13.7. The van der Waals surface area contributed by atoms with Crippen molar-refractivity contribution in [2.24, 2.45) is 0 Å². The molecule has 1 saturated carbocycles. The van der Waals surface area contributed by atoms with Crippen molar-refractivity contribution in [1.82, 2.24) is 0 Å². The van der Waals surface area contributed by atoms with Crippen LogP contribution in [0.1, 0.15) is 51.4 Å². The van der Waals surface area contributed by atoms with E-state index in [2.05, 4.69) is 42.3 Å². The van der Waals surface area contributed by atoms with Gasteiger partial charge in [0, 0.05) is 0 Å². The Morgan fingerprint density at radius 3 is 0.889 bits per heavy atom.